The molecule has 0 unspecified atom stereocenters. The molecule has 0 saturated heterocycles. The van der Waals surface area contributed by atoms with E-state index in [9.17, 15) is 4.79 Å². The summed E-state index contributed by atoms with van der Waals surface area (Å²) in [7, 11) is 0. The van der Waals surface area contributed by atoms with Gasteiger partial charge in [-0.3, -0.25) is 4.79 Å². The van der Waals surface area contributed by atoms with Crippen LogP contribution in [0.2, 0.25) is 0 Å². The van der Waals surface area contributed by atoms with Crippen molar-refractivity contribution in [3.05, 3.63) is 36.0 Å². The van der Waals surface area contributed by atoms with Crippen LogP contribution in [0.1, 0.15) is 12.5 Å². The van der Waals surface area contributed by atoms with Crippen LogP contribution in [0.15, 0.2) is 30.5 Å². The zero-order chi connectivity index (χ0) is 12.7. The first-order valence-corrected chi connectivity index (χ1v) is 5.15. The van der Waals surface area contributed by atoms with Gasteiger partial charge in [-0.25, -0.2) is 0 Å². The maximum absolute atomic E-state index is 11.8. The van der Waals surface area contributed by atoms with E-state index in [4.69, 9.17) is 11.5 Å². The predicted octanol–water partition coefficient (Wildman–Crippen LogP) is 0.708. The molecule has 0 aliphatic rings. The van der Waals surface area contributed by atoms with Crippen molar-refractivity contribution in [3.63, 3.8) is 0 Å². The summed E-state index contributed by atoms with van der Waals surface area (Å²) in [6, 6.07) is 7.07. The molecule has 0 radical (unpaired) electrons. The predicted molar refractivity (Wildman–Crippen MR) is 69.5 cm³/mol. The molecule has 0 aliphatic heterocycles. The van der Waals surface area contributed by atoms with Gasteiger partial charge in [-0.2, -0.15) is 0 Å². The van der Waals surface area contributed by atoms with Gasteiger partial charge in [0.2, 0.25) is 0 Å². The molecule has 0 fully saturated rings. The highest BCUT2D eigenvalue weighted by Crippen LogP contribution is 2.20. The number of hydrogen-bond donors (Lipinski definition) is 3. The number of anilines is 1. The molecule has 0 atom stereocenters. The van der Waals surface area contributed by atoms with E-state index in [2.05, 4.69) is 17.2 Å². The van der Waals surface area contributed by atoms with Crippen LogP contribution >= 0.6 is 0 Å². The fraction of sp³-hybridized carbons (Fsp3) is 0.154. The summed E-state index contributed by atoms with van der Waals surface area (Å²) in [5.41, 5.74) is 12.7. The van der Waals surface area contributed by atoms with Gasteiger partial charge in [0, 0.05) is 17.5 Å². The largest absolute Gasteiger partial charge is 0.404 e. The third kappa shape index (κ3) is 3.28. The van der Waals surface area contributed by atoms with Gasteiger partial charge in [0.1, 0.15) is 0 Å². The highest BCUT2D eigenvalue weighted by atomic mass is 16.1. The zero-order valence-corrected chi connectivity index (χ0v) is 9.66. The van der Waals surface area contributed by atoms with Crippen LogP contribution in [0.25, 0.3) is 5.57 Å². The van der Waals surface area contributed by atoms with Crippen molar-refractivity contribution >= 4 is 17.2 Å². The number of benzene rings is 1. The minimum atomic E-state index is -0.284. The fourth-order valence-electron chi connectivity index (χ4n) is 1.34. The number of para-hydroxylation sites is 1. The number of rotatable bonds is 3. The number of nitrogen functional groups attached to an aromatic ring is 1. The first kappa shape index (κ1) is 12.7. The number of hydrogen-bond acceptors (Lipinski definition) is 3. The molecule has 4 nitrogen and oxygen atoms in total. The van der Waals surface area contributed by atoms with Crippen molar-refractivity contribution in [2.75, 3.05) is 12.3 Å². The molecule has 0 heterocycles. The van der Waals surface area contributed by atoms with E-state index in [0.717, 1.165) is 0 Å². The molecule has 1 aromatic carbocycles. The van der Waals surface area contributed by atoms with Gasteiger partial charge in [-0.1, -0.05) is 24.1 Å². The summed E-state index contributed by atoms with van der Waals surface area (Å²) in [5, 5.41) is 2.64. The molecule has 4 heteroatoms. The van der Waals surface area contributed by atoms with Gasteiger partial charge in [0.05, 0.1) is 12.1 Å². The molecule has 0 aromatic heterocycles. The van der Waals surface area contributed by atoms with Gasteiger partial charge < -0.3 is 16.8 Å². The van der Waals surface area contributed by atoms with Crippen molar-refractivity contribution in [1.29, 1.82) is 0 Å². The molecule has 88 valence electrons. The zero-order valence-electron chi connectivity index (χ0n) is 9.66. The smallest absolute Gasteiger partial charge is 0.254 e. The Labute approximate surface area is 101 Å². The Morgan fingerprint density at radius 3 is 2.76 bits per heavy atom. The molecular weight excluding hydrogens is 214 g/mol. The van der Waals surface area contributed by atoms with Crippen molar-refractivity contribution < 1.29 is 4.79 Å². The van der Waals surface area contributed by atoms with E-state index in [1.165, 1.54) is 6.20 Å². The van der Waals surface area contributed by atoms with E-state index in [1.807, 2.05) is 0 Å². The molecule has 1 aromatic rings. The van der Waals surface area contributed by atoms with Crippen LogP contribution in [-0.2, 0) is 4.79 Å². The number of carbonyl (C=O) groups is 1. The van der Waals surface area contributed by atoms with Crippen LogP contribution in [-0.4, -0.2) is 12.5 Å². The van der Waals surface area contributed by atoms with Crippen LogP contribution in [0.3, 0.4) is 0 Å². The van der Waals surface area contributed by atoms with E-state index in [1.54, 1.807) is 31.2 Å². The van der Waals surface area contributed by atoms with E-state index in [0.29, 0.717) is 23.4 Å². The first-order valence-electron chi connectivity index (χ1n) is 5.15. The lowest BCUT2D eigenvalue weighted by atomic mass is 10.0. The van der Waals surface area contributed by atoms with Gasteiger partial charge in [-0.15, -0.1) is 5.92 Å². The summed E-state index contributed by atoms with van der Waals surface area (Å²) < 4.78 is 0. The molecule has 0 bridgehead atoms. The minimum Gasteiger partial charge on any atom is -0.404 e. The van der Waals surface area contributed by atoms with Crippen LogP contribution in [0.4, 0.5) is 5.69 Å². The number of nitrogens with two attached hydrogens (primary N) is 2. The average molecular weight is 229 g/mol. The van der Waals surface area contributed by atoms with Crippen molar-refractivity contribution in [2.24, 2.45) is 5.73 Å². The Hall–Kier alpha value is -2.41. The highest BCUT2D eigenvalue weighted by Gasteiger charge is 2.12. The van der Waals surface area contributed by atoms with Gasteiger partial charge in [0.15, 0.2) is 0 Å². The third-order valence-electron chi connectivity index (χ3n) is 2.18. The van der Waals surface area contributed by atoms with Crippen LogP contribution < -0.4 is 16.8 Å². The normalized spacial score (nSPS) is 10.3. The first-order chi connectivity index (χ1) is 8.20. The third-order valence-corrected chi connectivity index (χ3v) is 2.18. The molecule has 1 amide bonds. The molecule has 1 rings (SSSR count). The molecule has 17 heavy (non-hydrogen) atoms. The minimum absolute atomic E-state index is 0.284. The lowest BCUT2D eigenvalue weighted by Crippen LogP contribution is -2.25. The summed E-state index contributed by atoms with van der Waals surface area (Å²) in [6.45, 7) is 2.00. The summed E-state index contributed by atoms with van der Waals surface area (Å²) in [6.07, 6.45) is 1.25. The lowest BCUT2D eigenvalue weighted by molar-refractivity contribution is -0.115. The molecule has 0 saturated carbocycles. The summed E-state index contributed by atoms with van der Waals surface area (Å²) >= 11 is 0. The Morgan fingerprint density at radius 2 is 2.18 bits per heavy atom. The van der Waals surface area contributed by atoms with E-state index < -0.39 is 0 Å². The summed E-state index contributed by atoms with van der Waals surface area (Å²) in [5.74, 6) is 5.15. The Balaban J connectivity index is 2.89. The molecule has 0 aliphatic carbocycles. The SMILES string of the molecule is CC#CCNC(=O)/C(=C/N)c1ccccc1N. The van der Waals surface area contributed by atoms with Crippen molar-refractivity contribution in [1.82, 2.24) is 5.32 Å². The van der Waals surface area contributed by atoms with Crippen molar-refractivity contribution in [3.8, 4) is 11.8 Å². The second kappa shape index (κ2) is 6.23. The van der Waals surface area contributed by atoms with E-state index >= 15 is 0 Å². The monoisotopic (exact) mass is 229 g/mol. The van der Waals surface area contributed by atoms with Gasteiger partial charge in [0.25, 0.3) is 5.91 Å². The van der Waals surface area contributed by atoms with Crippen LogP contribution in [0.5, 0.6) is 0 Å². The molecule has 0 spiro atoms. The number of carbonyl (C=O) groups excluding carboxylic acids is 1. The summed E-state index contributed by atoms with van der Waals surface area (Å²) in [4.78, 5) is 11.8. The Morgan fingerprint density at radius 1 is 1.47 bits per heavy atom. The quantitative estimate of drug-likeness (QED) is 0.405. The molecule has 5 N–H and O–H groups in total. The standard InChI is InChI=1S/C13H15N3O/c1-2-3-8-16-13(17)11(9-14)10-6-4-5-7-12(10)15/h4-7,9H,8,14-15H2,1H3,(H,16,17)/b11-9+. The maximum atomic E-state index is 11.8. The average Bonchev–Trinajstić information content (AvgIpc) is 2.33. The number of amides is 1. The number of nitrogens with one attached hydrogen (secondary N) is 1. The van der Waals surface area contributed by atoms with Gasteiger partial charge >= 0.3 is 0 Å². The fourth-order valence-corrected chi connectivity index (χ4v) is 1.34. The Bertz CT molecular complexity index is 495. The lowest BCUT2D eigenvalue weighted by Gasteiger charge is -2.08. The molecular formula is C13H15N3O. The van der Waals surface area contributed by atoms with Crippen molar-refractivity contribution in [2.45, 2.75) is 6.92 Å². The second-order valence-electron chi connectivity index (χ2n) is 3.28. The van der Waals surface area contributed by atoms with Crippen LogP contribution in [0, 0.1) is 11.8 Å². The Kier molecular flexibility index (Phi) is 4.64. The highest BCUT2D eigenvalue weighted by molar-refractivity contribution is 6.20. The topological polar surface area (TPSA) is 81.1 Å². The maximum Gasteiger partial charge on any atom is 0.254 e. The van der Waals surface area contributed by atoms with E-state index in [-0.39, 0.29) is 5.91 Å². The second-order valence-corrected chi connectivity index (χ2v) is 3.28. The van der Waals surface area contributed by atoms with Gasteiger partial charge in [-0.05, 0) is 13.0 Å².